The fourth-order valence-electron chi connectivity index (χ4n) is 2.45. The van der Waals surface area contributed by atoms with E-state index in [4.69, 9.17) is 0 Å². The van der Waals surface area contributed by atoms with E-state index in [0.717, 1.165) is 35.9 Å². The molecule has 1 atom stereocenters. The lowest BCUT2D eigenvalue weighted by molar-refractivity contribution is 0.158. The highest BCUT2D eigenvalue weighted by Crippen LogP contribution is 2.35. The van der Waals surface area contributed by atoms with Crippen molar-refractivity contribution in [3.05, 3.63) is 35.3 Å². The van der Waals surface area contributed by atoms with Crippen LogP contribution in [0.3, 0.4) is 0 Å². The van der Waals surface area contributed by atoms with Crippen LogP contribution in [-0.2, 0) is 6.42 Å². The number of hydrogen-bond donors (Lipinski definition) is 2. The maximum atomic E-state index is 13.5. The Morgan fingerprint density at radius 1 is 1.40 bits per heavy atom. The van der Waals surface area contributed by atoms with Gasteiger partial charge in [0.25, 0.3) is 0 Å². The van der Waals surface area contributed by atoms with Gasteiger partial charge in [-0.1, -0.05) is 12.1 Å². The molecule has 2 nitrogen and oxygen atoms in total. The Balaban J connectivity index is 2.36. The third kappa shape index (κ3) is 1.20. The Hall–Kier alpha value is -1.35. The zero-order valence-corrected chi connectivity index (χ0v) is 8.26. The molecule has 0 bridgehead atoms. The number of hydrogen-bond acceptors (Lipinski definition) is 1. The van der Waals surface area contributed by atoms with Gasteiger partial charge in [-0.15, -0.1) is 0 Å². The summed E-state index contributed by atoms with van der Waals surface area (Å²) < 4.78 is 13.5. The van der Waals surface area contributed by atoms with Crippen LogP contribution in [0.2, 0.25) is 0 Å². The predicted octanol–water partition coefficient (Wildman–Crippen LogP) is 2.68. The van der Waals surface area contributed by atoms with Crippen LogP contribution in [0.15, 0.2) is 18.2 Å². The second-order valence-corrected chi connectivity index (χ2v) is 4.09. The highest BCUT2D eigenvalue weighted by atomic mass is 19.1. The van der Waals surface area contributed by atoms with Gasteiger partial charge in [0.05, 0.1) is 11.6 Å². The van der Waals surface area contributed by atoms with Crippen LogP contribution in [0.1, 0.15) is 30.2 Å². The van der Waals surface area contributed by atoms with Crippen LogP contribution in [-0.4, -0.2) is 10.1 Å². The number of rotatable bonds is 0. The molecule has 78 valence electrons. The molecular weight excluding hydrogens is 193 g/mol. The monoisotopic (exact) mass is 205 g/mol. The number of benzene rings is 1. The van der Waals surface area contributed by atoms with Crippen molar-refractivity contribution in [3.63, 3.8) is 0 Å². The van der Waals surface area contributed by atoms with Crippen LogP contribution in [0, 0.1) is 5.82 Å². The van der Waals surface area contributed by atoms with Gasteiger partial charge in [-0.3, -0.25) is 0 Å². The van der Waals surface area contributed by atoms with Gasteiger partial charge in [-0.25, -0.2) is 4.39 Å². The van der Waals surface area contributed by atoms with Gasteiger partial charge in [-0.2, -0.15) is 0 Å². The summed E-state index contributed by atoms with van der Waals surface area (Å²) in [6.45, 7) is 0. The predicted molar refractivity (Wildman–Crippen MR) is 56.2 cm³/mol. The van der Waals surface area contributed by atoms with Crippen molar-refractivity contribution in [1.29, 1.82) is 0 Å². The summed E-state index contributed by atoms with van der Waals surface area (Å²) >= 11 is 0. The van der Waals surface area contributed by atoms with Gasteiger partial charge in [0.15, 0.2) is 0 Å². The molecule has 3 heteroatoms. The number of H-pyrrole nitrogens is 1. The van der Waals surface area contributed by atoms with E-state index in [-0.39, 0.29) is 5.82 Å². The number of aryl methyl sites for hydroxylation is 1. The number of aliphatic hydroxyl groups excluding tert-OH is 1. The molecule has 1 aliphatic carbocycles. The van der Waals surface area contributed by atoms with Crippen molar-refractivity contribution >= 4 is 10.9 Å². The SMILES string of the molecule is OC1CCCc2[nH]c3c(F)cccc3c21. The van der Waals surface area contributed by atoms with Gasteiger partial charge in [0.2, 0.25) is 0 Å². The summed E-state index contributed by atoms with van der Waals surface area (Å²) in [6.07, 6.45) is 2.20. The number of aliphatic hydroxyl groups is 1. The van der Waals surface area contributed by atoms with E-state index >= 15 is 0 Å². The molecule has 0 spiro atoms. The standard InChI is InChI=1S/C12H12FNO/c13-8-4-1-3-7-11-9(14-12(7)8)5-2-6-10(11)15/h1,3-4,10,14-15H,2,5-6H2. The van der Waals surface area contributed by atoms with Crippen molar-refractivity contribution in [2.45, 2.75) is 25.4 Å². The summed E-state index contributed by atoms with van der Waals surface area (Å²) in [5.74, 6) is -0.242. The van der Waals surface area contributed by atoms with Gasteiger partial charge in [0, 0.05) is 16.6 Å². The minimum Gasteiger partial charge on any atom is -0.388 e. The molecule has 0 radical (unpaired) electrons. The molecule has 15 heavy (non-hydrogen) atoms. The Labute approximate surface area is 86.7 Å². The molecule has 2 N–H and O–H groups in total. The highest BCUT2D eigenvalue weighted by molar-refractivity contribution is 5.85. The molecule has 0 aliphatic heterocycles. The zero-order valence-electron chi connectivity index (χ0n) is 8.26. The molecule has 2 aromatic rings. The zero-order chi connectivity index (χ0) is 10.4. The largest absolute Gasteiger partial charge is 0.388 e. The van der Waals surface area contributed by atoms with Crippen molar-refractivity contribution < 1.29 is 9.50 Å². The lowest BCUT2D eigenvalue weighted by atomic mass is 9.93. The second-order valence-electron chi connectivity index (χ2n) is 4.09. The summed E-state index contributed by atoms with van der Waals surface area (Å²) in [5.41, 5.74) is 2.42. The summed E-state index contributed by atoms with van der Waals surface area (Å²) in [7, 11) is 0. The quantitative estimate of drug-likeness (QED) is 0.681. The first kappa shape index (κ1) is 8.92. The lowest BCUT2D eigenvalue weighted by Gasteiger charge is -2.17. The fourth-order valence-corrected chi connectivity index (χ4v) is 2.45. The second kappa shape index (κ2) is 3.07. The Morgan fingerprint density at radius 2 is 2.27 bits per heavy atom. The van der Waals surface area contributed by atoms with E-state index in [9.17, 15) is 9.50 Å². The summed E-state index contributed by atoms with van der Waals surface area (Å²) in [5, 5.41) is 10.7. The molecule has 3 rings (SSSR count). The molecule has 0 saturated heterocycles. The summed E-state index contributed by atoms with van der Waals surface area (Å²) in [6, 6.07) is 4.99. The number of para-hydroxylation sites is 1. The van der Waals surface area contributed by atoms with Crippen LogP contribution < -0.4 is 0 Å². The maximum absolute atomic E-state index is 13.5. The van der Waals surface area contributed by atoms with E-state index in [2.05, 4.69) is 4.98 Å². The number of aromatic amines is 1. The average molecular weight is 205 g/mol. The Bertz CT molecular complexity index is 518. The molecule has 1 aliphatic rings. The maximum Gasteiger partial charge on any atom is 0.147 e. The van der Waals surface area contributed by atoms with E-state index in [1.807, 2.05) is 6.07 Å². The molecule has 1 aromatic carbocycles. The van der Waals surface area contributed by atoms with Crippen molar-refractivity contribution in [2.75, 3.05) is 0 Å². The van der Waals surface area contributed by atoms with Crippen molar-refractivity contribution in [3.8, 4) is 0 Å². The summed E-state index contributed by atoms with van der Waals surface area (Å²) in [4.78, 5) is 3.08. The van der Waals surface area contributed by atoms with Crippen LogP contribution >= 0.6 is 0 Å². The van der Waals surface area contributed by atoms with E-state index in [1.54, 1.807) is 6.07 Å². The first-order valence-electron chi connectivity index (χ1n) is 5.24. The van der Waals surface area contributed by atoms with Gasteiger partial charge in [-0.05, 0) is 25.3 Å². The fraction of sp³-hybridized carbons (Fsp3) is 0.333. The smallest absolute Gasteiger partial charge is 0.147 e. The van der Waals surface area contributed by atoms with Crippen molar-refractivity contribution in [2.24, 2.45) is 0 Å². The van der Waals surface area contributed by atoms with Gasteiger partial charge < -0.3 is 10.1 Å². The van der Waals surface area contributed by atoms with E-state index < -0.39 is 6.10 Å². The number of fused-ring (bicyclic) bond motifs is 3. The van der Waals surface area contributed by atoms with Crippen LogP contribution in [0.4, 0.5) is 4.39 Å². The molecule has 0 saturated carbocycles. The number of halogens is 1. The Kier molecular flexibility index (Phi) is 1.83. The third-order valence-electron chi connectivity index (χ3n) is 3.14. The first-order chi connectivity index (χ1) is 7.27. The van der Waals surface area contributed by atoms with E-state index in [1.165, 1.54) is 6.07 Å². The minimum atomic E-state index is -0.440. The topological polar surface area (TPSA) is 36.0 Å². The normalized spacial score (nSPS) is 20.5. The number of nitrogens with one attached hydrogen (secondary N) is 1. The molecule has 0 amide bonds. The molecule has 1 unspecified atom stereocenters. The molecular formula is C12H12FNO. The van der Waals surface area contributed by atoms with Gasteiger partial charge in [0.1, 0.15) is 5.82 Å². The Morgan fingerprint density at radius 3 is 3.13 bits per heavy atom. The van der Waals surface area contributed by atoms with Crippen molar-refractivity contribution in [1.82, 2.24) is 4.98 Å². The van der Waals surface area contributed by atoms with Crippen LogP contribution in [0.5, 0.6) is 0 Å². The lowest BCUT2D eigenvalue weighted by Crippen LogP contribution is -2.07. The van der Waals surface area contributed by atoms with Crippen LogP contribution in [0.25, 0.3) is 10.9 Å². The first-order valence-corrected chi connectivity index (χ1v) is 5.24. The molecule has 1 heterocycles. The average Bonchev–Trinajstić information content (AvgIpc) is 2.59. The molecule has 0 fully saturated rings. The molecule has 1 aromatic heterocycles. The highest BCUT2D eigenvalue weighted by Gasteiger charge is 2.23. The van der Waals surface area contributed by atoms with E-state index in [0.29, 0.717) is 5.52 Å². The number of aromatic nitrogens is 1. The van der Waals surface area contributed by atoms with Gasteiger partial charge >= 0.3 is 0 Å². The third-order valence-corrected chi connectivity index (χ3v) is 3.14. The minimum absolute atomic E-state index is 0.242.